The normalized spacial score (nSPS) is 13.2. The summed E-state index contributed by atoms with van der Waals surface area (Å²) in [4.78, 5) is 2.38. The highest BCUT2D eigenvalue weighted by Crippen LogP contribution is 2.57. The first-order chi connectivity index (χ1) is 26.1. The zero-order valence-corrected chi connectivity index (χ0v) is 29.6. The fourth-order valence-corrected chi connectivity index (χ4v) is 9.23. The highest BCUT2D eigenvalue weighted by Gasteiger charge is 2.40. The van der Waals surface area contributed by atoms with E-state index in [2.05, 4.69) is 195 Å². The van der Waals surface area contributed by atoms with E-state index in [0.29, 0.717) is 0 Å². The van der Waals surface area contributed by atoms with E-state index in [4.69, 9.17) is 4.42 Å². The van der Waals surface area contributed by atoms with Crippen LogP contribution in [0.1, 0.15) is 25.0 Å². The van der Waals surface area contributed by atoms with E-state index in [9.17, 15) is 0 Å². The second-order valence-corrected chi connectivity index (χ2v) is 14.9. The summed E-state index contributed by atoms with van der Waals surface area (Å²) < 4.78 is 6.82. The lowest BCUT2D eigenvalue weighted by Crippen LogP contribution is -2.16. The molecule has 2 nitrogen and oxygen atoms in total. The topological polar surface area (TPSA) is 16.4 Å². The van der Waals surface area contributed by atoms with Crippen molar-refractivity contribution in [1.82, 2.24) is 0 Å². The molecule has 0 saturated carbocycles. The van der Waals surface area contributed by atoms with Gasteiger partial charge in [0.1, 0.15) is 11.2 Å². The summed E-state index contributed by atoms with van der Waals surface area (Å²) in [6.45, 7) is 4.73. The van der Waals surface area contributed by atoms with Gasteiger partial charge < -0.3 is 9.32 Å². The smallest absolute Gasteiger partial charge is 0.144 e. The van der Waals surface area contributed by atoms with Crippen molar-refractivity contribution in [2.24, 2.45) is 0 Å². The van der Waals surface area contributed by atoms with Crippen molar-refractivity contribution >= 4 is 71.3 Å². The van der Waals surface area contributed by atoms with Crippen LogP contribution in [0.3, 0.4) is 0 Å². The second-order valence-electron chi connectivity index (χ2n) is 14.9. The summed E-state index contributed by atoms with van der Waals surface area (Å²) in [6.07, 6.45) is 0. The Hall–Kier alpha value is -6.64. The summed E-state index contributed by atoms with van der Waals surface area (Å²) in [7, 11) is 0. The zero-order valence-electron chi connectivity index (χ0n) is 29.6. The van der Waals surface area contributed by atoms with Gasteiger partial charge >= 0.3 is 0 Å². The van der Waals surface area contributed by atoms with Crippen molar-refractivity contribution < 1.29 is 4.42 Å². The minimum Gasteiger partial charge on any atom is -0.455 e. The summed E-state index contributed by atoms with van der Waals surface area (Å²) >= 11 is 0. The Morgan fingerprint density at radius 2 is 1.06 bits per heavy atom. The molecular formula is C51H35NO. The molecule has 0 fully saturated rings. The molecule has 250 valence electrons. The first-order valence-electron chi connectivity index (χ1n) is 18.4. The molecule has 11 rings (SSSR count). The molecule has 0 N–H and O–H groups in total. The Morgan fingerprint density at radius 1 is 0.453 bits per heavy atom. The average Bonchev–Trinajstić information content (AvgIpc) is 3.71. The molecule has 9 aromatic carbocycles. The fourth-order valence-electron chi connectivity index (χ4n) is 9.23. The Labute approximate surface area is 308 Å². The van der Waals surface area contributed by atoms with E-state index in [0.717, 1.165) is 33.6 Å². The molecule has 0 amide bonds. The molecule has 1 aliphatic carbocycles. The molecule has 0 saturated heterocycles. The standard InChI is InChI=1S/C51H35NO/c1-51(2)45-29-28-36(31-44(45)48-49(51)41-21-11-10-20-40(41)47-42-22-12-13-23-46(42)53-50(47)48)52(34-15-4-3-5-16-34)35-26-24-32(25-27-35)43-30-33-14-6-7-17-37(33)38-18-8-9-19-39(38)43/h3-31H,1-2H3. The lowest BCUT2D eigenvalue weighted by Gasteiger charge is -2.27. The van der Waals surface area contributed by atoms with E-state index in [-0.39, 0.29) is 5.41 Å². The molecule has 0 spiro atoms. The van der Waals surface area contributed by atoms with Crippen molar-refractivity contribution in [3.05, 3.63) is 187 Å². The Bertz CT molecular complexity index is 3080. The van der Waals surface area contributed by atoms with Gasteiger partial charge in [-0.2, -0.15) is 0 Å². The van der Waals surface area contributed by atoms with Gasteiger partial charge in [-0.3, -0.25) is 0 Å². The van der Waals surface area contributed by atoms with Gasteiger partial charge in [0.2, 0.25) is 0 Å². The van der Waals surface area contributed by atoms with Gasteiger partial charge in [-0.25, -0.2) is 0 Å². The van der Waals surface area contributed by atoms with Gasteiger partial charge in [-0.15, -0.1) is 0 Å². The molecular weight excluding hydrogens is 643 g/mol. The molecule has 2 heteroatoms. The van der Waals surface area contributed by atoms with Crippen LogP contribution in [0.25, 0.3) is 76.5 Å². The highest BCUT2D eigenvalue weighted by atomic mass is 16.3. The van der Waals surface area contributed by atoms with E-state index in [1.54, 1.807) is 0 Å². The van der Waals surface area contributed by atoms with Crippen LogP contribution in [0, 0.1) is 0 Å². The number of furan rings is 1. The number of nitrogens with zero attached hydrogens (tertiary/aromatic N) is 1. The molecule has 1 aromatic heterocycles. The summed E-state index contributed by atoms with van der Waals surface area (Å²) in [5.74, 6) is 0. The van der Waals surface area contributed by atoms with E-state index in [1.165, 1.54) is 71.1 Å². The van der Waals surface area contributed by atoms with Crippen molar-refractivity contribution in [1.29, 1.82) is 0 Å². The van der Waals surface area contributed by atoms with Crippen LogP contribution in [-0.4, -0.2) is 0 Å². The van der Waals surface area contributed by atoms with E-state index >= 15 is 0 Å². The molecule has 1 aliphatic rings. The number of hydrogen-bond acceptors (Lipinski definition) is 2. The number of para-hydroxylation sites is 2. The molecule has 0 aliphatic heterocycles. The number of anilines is 3. The van der Waals surface area contributed by atoms with Crippen molar-refractivity contribution in [3.8, 4) is 22.3 Å². The fraction of sp³-hybridized carbons (Fsp3) is 0.0588. The van der Waals surface area contributed by atoms with Gasteiger partial charge in [-0.05, 0) is 109 Å². The maximum absolute atomic E-state index is 6.82. The zero-order chi connectivity index (χ0) is 35.3. The molecule has 10 aromatic rings. The Morgan fingerprint density at radius 3 is 1.85 bits per heavy atom. The van der Waals surface area contributed by atoms with Crippen molar-refractivity contribution in [2.75, 3.05) is 4.90 Å². The summed E-state index contributed by atoms with van der Waals surface area (Å²) in [6, 6.07) is 63.9. The van der Waals surface area contributed by atoms with Crippen LogP contribution >= 0.6 is 0 Å². The first-order valence-corrected chi connectivity index (χ1v) is 18.4. The third-order valence-corrected chi connectivity index (χ3v) is 11.6. The largest absolute Gasteiger partial charge is 0.455 e. The first kappa shape index (κ1) is 30.0. The number of rotatable bonds is 4. The molecule has 0 bridgehead atoms. The molecule has 0 atom stereocenters. The lowest BCUT2D eigenvalue weighted by molar-refractivity contribution is 0.657. The van der Waals surface area contributed by atoms with Crippen LogP contribution in [-0.2, 0) is 5.41 Å². The molecule has 0 radical (unpaired) electrons. The number of benzene rings is 9. The van der Waals surface area contributed by atoms with Crippen LogP contribution in [0.2, 0.25) is 0 Å². The molecule has 53 heavy (non-hydrogen) atoms. The average molecular weight is 678 g/mol. The van der Waals surface area contributed by atoms with Gasteiger partial charge in [0.05, 0.1) is 0 Å². The lowest BCUT2D eigenvalue weighted by atomic mass is 9.79. The monoisotopic (exact) mass is 677 g/mol. The van der Waals surface area contributed by atoms with Crippen LogP contribution in [0.5, 0.6) is 0 Å². The van der Waals surface area contributed by atoms with Crippen LogP contribution in [0.4, 0.5) is 17.1 Å². The van der Waals surface area contributed by atoms with Gasteiger partial charge in [0, 0.05) is 38.8 Å². The Kier molecular flexibility index (Phi) is 6.33. The molecule has 1 heterocycles. The predicted molar refractivity (Wildman–Crippen MR) is 224 cm³/mol. The SMILES string of the molecule is CC1(C)c2ccc(N(c3ccccc3)c3ccc(-c4cc5ccccc5c5ccccc45)cc3)cc2-c2c1c1ccccc1c1c2oc2ccccc21. The third-order valence-electron chi connectivity index (χ3n) is 11.6. The quantitative estimate of drug-likeness (QED) is 0.172. The van der Waals surface area contributed by atoms with Crippen LogP contribution < -0.4 is 4.90 Å². The van der Waals surface area contributed by atoms with Gasteiger partial charge in [-0.1, -0.05) is 141 Å². The highest BCUT2D eigenvalue weighted by molar-refractivity contribution is 6.25. The van der Waals surface area contributed by atoms with E-state index in [1.807, 2.05) is 0 Å². The van der Waals surface area contributed by atoms with Crippen molar-refractivity contribution in [3.63, 3.8) is 0 Å². The number of fused-ring (bicyclic) bond motifs is 13. The third kappa shape index (κ3) is 4.33. The minimum absolute atomic E-state index is 0.210. The van der Waals surface area contributed by atoms with Gasteiger partial charge in [0.15, 0.2) is 0 Å². The second kappa shape index (κ2) is 11.2. The van der Waals surface area contributed by atoms with E-state index < -0.39 is 0 Å². The molecule has 0 unspecified atom stereocenters. The Balaban J connectivity index is 1.11. The van der Waals surface area contributed by atoms with Crippen LogP contribution in [0.15, 0.2) is 180 Å². The maximum atomic E-state index is 6.82. The summed E-state index contributed by atoms with van der Waals surface area (Å²) in [5, 5.41) is 9.98. The van der Waals surface area contributed by atoms with Gasteiger partial charge in [0.25, 0.3) is 0 Å². The minimum atomic E-state index is -0.210. The summed E-state index contributed by atoms with van der Waals surface area (Å²) in [5.41, 5.74) is 12.6. The van der Waals surface area contributed by atoms with Crippen molar-refractivity contribution in [2.45, 2.75) is 19.3 Å². The number of hydrogen-bond donors (Lipinski definition) is 0. The predicted octanol–water partition coefficient (Wildman–Crippen LogP) is 14.5. The maximum Gasteiger partial charge on any atom is 0.144 e.